The first-order chi connectivity index (χ1) is 18.8. The Morgan fingerprint density at radius 3 is 1.09 bits per heavy atom. The summed E-state index contributed by atoms with van der Waals surface area (Å²) in [6, 6.07) is 0. The van der Waals surface area contributed by atoms with E-state index in [0.717, 1.165) is 0 Å². The molecule has 262 valence electrons. The van der Waals surface area contributed by atoms with Gasteiger partial charge in [0.25, 0.3) is 0 Å². The predicted molar refractivity (Wildman–Crippen MR) is 91.9 cm³/mol. The van der Waals surface area contributed by atoms with Crippen LogP contribution in [0.1, 0.15) is 13.3 Å². The van der Waals surface area contributed by atoms with Gasteiger partial charge in [-0.1, -0.05) is 6.58 Å². The minimum absolute atomic E-state index is 0.677. The van der Waals surface area contributed by atoms with E-state index in [1.807, 2.05) is 0 Å². The standard InChI is InChI=1S/C18H11F23O3/c1-5(2)7(43)44-6(4-42)3-8(19,20)10(22,23)12(26,27)14(30,31)16(34,35)15(32,33)13(28,29)11(24,25)9(21,17(36,37)38)18(39,40)41/h6,42H,1,3-4H2,2H3. The lowest BCUT2D eigenvalue weighted by Crippen LogP contribution is -2.79. The molecule has 0 aliphatic rings. The summed E-state index contributed by atoms with van der Waals surface area (Å²) in [6.07, 6.45) is -23.7. The van der Waals surface area contributed by atoms with E-state index >= 15 is 0 Å². The molecule has 0 aliphatic heterocycles. The monoisotopic (exact) mass is 712 g/mol. The van der Waals surface area contributed by atoms with E-state index in [4.69, 9.17) is 5.11 Å². The highest BCUT2D eigenvalue weighted by Gasteiger charge is 3.00. The van der Waals surface area contributed by atoms with Gasteiger partial charge in [-0.05, 0) is 6.92 Å². The molecule has 3 nitrogen and oxygen atoms in total. The number of halogens is 23. The summed E-state index contributed by atoms with van der Waals surface area (Å²) in [4.78, 5) is 11.2. The Balaban J connectivity index is 7.21. The second-order valence-electron chi connectivity index (χ2n) is 8.57. The molecule has 0 aromatic carbocycles. The molecular formula is C18H11F23O3. The maximum Gasteiger partial charge on any atom is 0.438 e. The van der Waals surface area contributed by atoms with Gasteiger partial charge >= 0.3 is 71.4 Å². The van der Waals surface area contributed by atoms with Crippen molar-refractivity contribution < 1.29 is 116 Å². The first-order valence-electron chi connectivity index (χ1n) is 10.1. The van der Waals surface area contributed by atoms with Gasteiger partial charge in [0.05, 0.1) is 13.0 Å². The number of hydrogen-bond donors (Lipinski definition) is 1. The first-order valence-corrected chi connectivity index (χ1v) is 10.1. The highest BCUT2D eigenvalue weighted by molar-refractivity contribution is 5.87. The van der Waals surface area contributed by atoms with Crippen LogP contribution in [0.25, 0.3) is 0 Å². The molecule has 0 saturated heterocycles. The minimum Gasteiger partial charge on any atom is -0.456 e. The molecular weight excluding hydrogens is 701 g/mol. The van der Waals surface area contributed by atoms with Crippen LogP contribution in [0.5, 0.6) is 0 Å². The van der Waals surface area contributed by atoms with E-state index in [-0.39, 0.29) is 0 Å². The van der Waals surface area contributed by atoms with Gasteiger partial charge in [0.1, 0.15) is 6.10 Å². The Bertz CT molecular complexity index is 1060. The lowest BCUT2D eigenvalue weighted by Gasteiger charge is -2.46. The molecule has 0 radical (unpaired) electrons. The number of esters is 1. The maximum atomic E-state index is 14.0. The molecule has 0 bridgehead atoms. The fraction of sp³-hybridized carbons (Fsp3) is 0.833. The maximum absolute atomic E-state index is 14.0. The number of alkyl halides is 23. The largest absolute Gasteiger partial charge is 0.456 e. The summed E-state index contributed by atoms with van der Waals surface area (Å²) in [7, 11) is 0. The van der Waals surface area contributed by atoms with E-state index in [0.29, 0.717) is 6.92 Å². The summed E-state index contributed by atoms with van der Waals surface area (Å²) in [5.41, 5.74) is -9.91. The predicted octanol–water partition coefficient (Wildman–Crippen LogP) is 7.77. The molecule has 0 heterocycles. The molecule has 0 aromatic rings. The van der Waals surface area contributed by atoms with Gasteiger partial charge < -0.3 is 9.84 Å². The number of hydrogen-bond acceptors (Lipinski definition) is 3. The highest BCUT2D eigenvalue weighted by Crippen LogP contribution is 2.68. The van der Waals surface area contributed by atoms with Crippen molar-refractivity contribution in [3.05, 3.63) is 12.2 Å². The minimum atomic E-state index is -9.56. The van der Waals surface area contributed by atoms with Gasteiger partial charge in [0, 0.05) is 5.57 Å². The fourth-order valence-electron chi connectivity index (χ4n) is 2.76. The van der Waals surface area contributed by atoms with Gasteiger partial charge in [-0.25, -0.2) is 9.18 Å². The van der Waals surface area contributed by atoms with Crippen molar-refractivity contribution in [1.29, 1.82) is 0 Å². The van der Waals surface area contributed by atoms with Crippen molar-refractivity contribution in [3.8, 4) is 0 Å². The Labute approximate surface area is 226 Å². The van der Waals surface area contributed by atoms with Crippen molar-refractivity contribution in [3.63, 3.8) is 0 Å². The molecule has 0 saturated carbocycles. The molecule has 0 amide bonds. The van der Waals surface area contributed by atoms with E-state index in [1.165, 1.54) is 0 Å². The van der Waals surface area contributed by atoms with Crippen LogP contribution < -0.4 is 0 Å². The summed E-state index contributed by atoms with van der Waals surface area (Å²) in [5, 5.41) is 8.75. The molecule has 1 unspecified atom stereocenters. The van der Waals surface area contributed by atoms with Crippen molar-refractivity contribution in [1.82, 2.24) is 0 Å². The van der Waals surface area contributed by atoms with Crippen LogP contribution in [0.15, 0.2) is 12.2 Å². The summed E-state index contributed by atoms with van der Waals surface area (Å²) < 4.78 is 313. The number of aliphatic hydroxyl groups excluding tert-OH is 1. The van der Waals surface area contributed by atoms with Gasteiger partial charge in [-0.2, -0.15) is 96.6 Å². The van der Waals surface area contributed by atoms with Crippen LogP contribution in [0.3, 0.4) is 0 Å². The second kappa shape index (κ2) is 11.1. The smallest absolute Gasteiger partial charge is 0.438 e. The van der Waals surface area contributed by atoms with E-state index in [1.54, 1.807) is 0 Å². The van der Waals surface area contributed by atoms with Crippen LogP contribution in [-0.2, 0) is 9.53 Å². The first kappa shape index (κ1) is 41.6. The number of carbonyl (C=O) groups excluding carboxylic acids is 1. The Hall–Kier alpha value is -2.44. The normalized spacial score (nSPS) is 16.6. The Kier molecular flexibility index (Phi) is 10.5. The third kappa shape index (κ3) is 5.59. The lowest BCUT2D eigenvalue weighted by atomic mass is 9.82. The molecule has 44 heavy (non-hydrogen) atoms. The summed E-state index contributed by atoms with van der Waals surface area (Å²) in [5.74, 6) is -73.5. The summed E-state index contributed by atoms with van der Waals surface area (Å²) in [6.45, 7) is 1.32. The molecule has 0 aromatic heterocycles. The number of aliphatic hydroxyl groups is 1. The van der Waals surface area contributed by atoms with Gasteiger partial charge in [-0.15, -0.1) is 0 Å². The van der Waals surface area contributed by atoms with Crippen molar-refractivity contribution >= 4 is 5.97 Å². The molecule has 0 fully saturated rings. The van der Waals surface area contributed by atoms with Crippen LogP contribution in [0.2, 0.25) is 0 Å². The quantitative estimate of drug-likeness (QED) is 0.121. The van der Waals surface area contributed by atoms with Crippen molar-refractivity contribution in [2.24, 2.45) is 0 Å². The zero-order chi connectivity index (χ0) is 36.4. The summed E-state index contributed by atoms with van der Waals surface area (Å²) >= 11 is 0. The molecule has 1 N–H and O–H groups in total. The lowest BCUT2D eigenvalue weighted by molar-refractivity contribution is -0.481. The van der Waals surface area contributed by atoms with Crippen LogP contribution in [0.4, 0.5) is 101 Å². The number of carbonyl (C=O) groups is 1. The second-order valence-corrected chi connectivity index (χ2v) is 8.57. The van der Waals surface area contributed by atoms with E-state index < -0.39 is 96.1 Å². The van der Waals surface area contributed by atoms with Crippen LogP contribution in [-0.4, -0.2) is 89.2 Å². The van der Waals surface area contributed by atoms with E-state index in [2.05, 4.69) is 11.3 Å². The van der Waals surface area contributed by atoms with Crippen molar-refractivity contribution in [2.45, 2.75) is 84.9 Å². The molecule has 0 aliphatic carbocycles. The molecule has 26 heteroatoms. The van der Waals surface area contributed by atoms with Gasteiger partial charge in [0.15, 0.2) is 0 Å². The molecule has 1 atom stereocenters. The zero-order valence-electron chi connectivity index (χ0n) is 20.2. The third-order valence-corrected chi connectivity index (χ3v) is 5.35. The van der Waals surface area contributed by atoms with E-state index in [9.17, 15) is 106 Å². The molecule has 0 rings (SSSR count). The number of ether oxygens (including phenoxy) is 1. The molecule has 0 spiro atoms. The fourth-order valence-corrected chi connectivity index (χ4v) is 2.76. The highest BCUT2D eigenvalue weighted by atomic mass is 19.4. The van der Waals surface area contributed by atoms with Crippen molar-refractivity contribution in [2.75, 3.05) is 6.61 Å². The topological polar surface area (TPSA) is 46.5 Å². The average molecular weight is 712 g/mol. The number of rotatable bonds is 13. The third-order valence-electron chi connectivity index (χ3n) is 5.35. The van der Waals surface area contributed by atoms with Gasteiger partial charge in [-0.3, -0.25) is 0 Å². The SMILES string of the molecule is C=C(C)C(=O)OC(CO)CC(F)(F)C(F)(F)C(F)(F)C(F)(F)C(F)(F)C(F)(F)C(F)(F)C(F)(F)C(F)(C(F)(F)F)C(F)(F)F. The Morgan fingerprint density at radius 2 is 0.841 bits per heavy atom. The van der Waals surface area contributed by atoms with Crippen LogP contribution in [0, 0.1) is 0 Å². The van der Waals surface area contributed by atoms with Crippen LogP contribution >= 0.6 is 0 Å². The zero-order valence-corrected chi connectivity index (χ0v) is 20.2. The Morgan fingerprint density at radius 1 is 0.568 bits per heavy atom. The van der Waals surface area contributed by atoms with Gasteiger partial charge in [0.2, 0.25) is 0 Å². The average Bonchev–Trinajstić information content (AvgIpc) is 2.80.